The Labute approximate surface area is 104 Å². The van der Waals surface area contributed by atoms with Crippen molar-refractivity contribution in [2.24, 2.45) is 0 Å². The Kier molecular flexibility index (Phi) is 5.20. The second-order valence-electron chi connectivity index (χ2n) is 4.45. The molecule has 0 aromatic heterocycles. The van der Waals surface area contributed by atoms with E-state index in [1.807, 2.05) is 32.9 Å². The maximum Gasteiger partial charge on any atom is 0.166 e. The van der Waals surface area contributed by atoms with Crippen molar-refractivity contribution >= 4 is 5.78 Å². The first kappa shape index (κ1) is 13.8. The van der Waals surface area contributed by atoms with Gasteiger partial charge in [-0.2, -0.15) is 0 Å². The molecule has 0 heterocycles. The summed E-state index contributed by atoms with van der Waals surface area (Å²) in [6, 6.07) is 3.94. The molecule has 2 heteroatoms. The van der Waals surface area contributed by atoms with Crippen LogP contribution in [-0.4, -0.2) is 12.4 Å². The fourth-order valence-corrected chi connectivity index (χ4v) is 1.70. The summed E-state index contributed by atoms with van der Waals surface area (Å²) >= 11 is 0. The molecule has 17 heavy (non-hydrogen) atoms. The molecular weight excluding hydrogens is 212 g/mol. The Bertz CT molecular complexity index is 394. The second-order valence-corrected chi connectivity index (χ2v) is 4.45. The van der Waals surface area contributed by atoms with Gasteiger partial charge in [0.2, 0.25) is 0 Å². The van der Waals surface area contributed by atoms with Gasteiger partial charge in [-0.3, -0.25) is 4.79 Å². The van der Waals surface area contributed by atoms with E-state index in [9.17, 15) is 4.79 Å². The van der Waals surface area contributed by atoms with E-state index in [0.717, 1.165) is 29.7 Å². The van der Waals surface area contributed by atoms with E-state index < -0.39 is 0 Å². The lowest BCUT2D eigenvalue weighted by Crippen LogP contribution is -2.06. The highest BCUT2D eigenvalue weighted by Crippen LogP contribution is 2.25. The number of ketones is 1. The lowest BCUT2D eigenvalue weighted by Gasteiger charge is -2.12. The molecule has 1 aromatic rings. The van der Waals surface area contributed by atoms with Gasteiger partial charge in [-0.25, -0.2) is 0 Å². The zero-order chi connectivity index (χ0) is 12.8. The zero-order valence-electron chi connectivity index (χ0n) is 11.3. The summed E-state index contributed by atoms with van der Waals surface area (Å²) < 4.78 is 5.67. The van der Waals surface area contributed by atoms with Crippen LogP contribution in [0.1, 0.15) is 54.6 Å². The quantitative estimate of drug-likeness (QED) is 0.693. The molecule has 2 nitrogen and oxygen atoms in total. The van der Waals surface area contributed by atoms with Crippen molar-refractivity contribution in [1.82, 2.24) is 0 Å². The van der Waals surface area contributed by atoms with E-state index in [-0.39, 0.29) is 5.78 Å². The minimum absolute atomic E-state index is 0.182. The van der Waals surface area contributed by atoms with Gasteiger partial charge in [0.15, 0.2) is 5.78 Å². The largest absolute Gasteiger partial charge is 0.493 e. The smallest absolute Gasteiger partial charge is 0.166 e. The molecule has 0 bridgehead atoms. The normalized spacial score (nSPS) is 10.4. The fraction of sp³-hybridized carbons (Fsp3) is 0.533. The Morgan fingerprint density at radius 2 is 1.76 bits per heavy atom. The molecule has 1 aromatic carbocycles. The SMILES string of the molecule is CCCOc1cc(C)c(C)cc1C(=O)CCC. The van der Waals surface area contributed by atoms with Crippen LogP contribution in [0.3, 0.4) is 0 Å². The Morgan fingerprint density at radius 1 is 1.12 bits per heavy atom. The predicted molar refractivity (Wildman–Crippen MR) is 70.9 cm³/mol. The molecule has 0 aliphatic heterocycles. The zero-order valence-corrected chi connectivity index (χ0v) is 11.3. The van der Waals surface area contributed by atoms with E-state index in [1.54, 1.807) is 0 Å². The van der Waals surface area contributed by atoms with Crippen LogP contribution in [0.5, 0.6) is 5.75 Å². The third-order valence-electron chi connectivity index (χ3n) is 2.84. The number of hydrogen-bond acceptors (Lipinski definition) is 2. The number of hydrogen-bond donors (Lipinski definition) is 0. The summed E-state index contributed by atoms with van der Waals surface area (Å²) in [6.45, 7) is 8.82. The highest BCUT2D eigenvalue weighted by molar-refractivity contribution is 5.99. The van der Waals surface area contributed by atoms with Crippen LogP contribution in [0.4, 0.5) is 0 Å². The monoisotopic (exact) mass is 234 g/mol. The standard InChI is InChI=1S/C15H22O2/c1-5-7-14(16)13-9-11(3)12(4)10-15(13)17-8-6-2/h9-10H,5-8H2,1-4H3. The topological polar surface area (TPSA) is 26.3 Å². The second kappa shape index (κ2) is 6.43. The number of aryl methyl sites for hydroxylation is 2. The van der Waals surface area contributed by atoms with E-state index in [0.29, 0.717) is 13.0 Å². The van der Waals surface area contributed by atoms with Crippen molar-refractivity contribution in [1.29, 1.82) is 0 Å². The van der Waals surface area contributed by atoms with Crippen molar-refractivity contribution in [3.8, 4) is 5.75 Å². The van der Waals surface area contributed by atoms with Gasteiger partial charge in [0.05, 0.1) is 12.2 Å². The van der Waals surface area contributed by atoms with Gasteiger partial charge in [-0.15, -0.1) is 0 Å². The van der Waals surface area contributed by atoms with Crippen LogP contribution < -0.4 is 4.74 Å². The molecule has 0 amide bonds. The molecule has 0 fully saturated rings. The first-order valence-electron chi connectivity index (χ1n) is 6.37. The summed E-state index contributed by atoms with van der Waals surface area (Å²) in [5.74, 6) is 0.926. The number of carbonyl (C=O) groups excluding carboxylic acids is 1. The van der Waals surface area contributed by atoms with Gasteiger partial charge in [0, 0.05) is 6.42 Å². The predicted octanol–water partition coefficient (Wildman–Crippen LogP) is 4.08. The maximum absolute atomic E-state index is 12.0. The minimum Gasteiger partial charge on any atom is -0.493 e. The third kappa shape index (κ3) is 3.58. The molecule has 0 atom stereocenters. The van der Waals surface area contributed by atoms with E-state index in [1.165, 1.54) is 5.56 Å². The molecule has 0 spiro atoms. The van der Waals surface area contributed by atoms with E-state index in [2.05, 4.69) is 6.92 Å². The summed E-state index contributed by atoms with van der Waals surface area (Å²) in [7, 11) is 0. The first-order valence-corrected chi connectivity index (χ1v) is 6.37. The summed E-state index contributed by atoms with van der Waals surface area (Å²) in [6.07, 6.45) is 2.41. The van der Waals surface area contributed by atoms with Crippen molar-refractivity contribution in [2.45, 2.75) is 47.0 Å². The molecule has 0 aliphatic carbocycles. The van der Waals surface area contributed by atoms with Gasteiger partial charge in [-0.05, 0) is 49.9 Å². The summed E-state index contributed by atoms with van der Waals surface area (Å²) in [5.41, 5.74) is 3.06. The number of rotatable bonds is 6. The van der Waals surface area contributed by atoms with Crippen molar-refractivity contribution < 1.29 is 9.53 Å². The molecule has 0 saturated carbocycles. The van der Waals surface area contributed by atoms with E-state index in [4.69, 9.17) is 4.74 Å². The number of ether oxygens (including phenoxy) is 1. The summed E-state index contributed by atoms with van der Waals surface area (Å²) in [5, 5.41) is 0. The number of benzene rings is 1. The molecule has 0 aliphatic rings. The fourth-order valence-electron chi connectivity index (χ4n) is 1.70. The van der Waals surface area contributed by atoms with Gasteiger partial charge in [0.25, 0.3) is 0 Å². The van der Waals surface area contributed by atoms with Crippen molar-refractivity contribution in [3.05, 3.63) is 28.8 Å². The average Bonchev–Trinajstić information content (AvgIpc) is 2.30. The van der Waals surface area contributed by atoms with Gasteiger partial charge in [-0.1, -0.05) is 13.8 Å². The number of carbonyl (C=O) groups is 1. The lowest BCUT2D eigenvalue weighted by molar-refractivity contribution is 0.0977. The summed E-state index contributed by atoms with van der Waals surface area (Å²) in [4.78, 5) is 12.0. The van der Waals surface area contributed by atoms with Crippen LogP contribution in [0.25, 0.3) is 0 Å². The lowest BCUT2D eigenvalue weighted by atomic mass is 10.00. The molecule has 0 saturated heterocycles. The van der Waals surface area contributed by atoms with E-state index >= 15 is 0 Å². The number of Topliss-reactive ketones (excluding diaryl/α,β-unsaturated/α-hetero) is 1. The molecular formula is C15H22O2. The Morgan fingerprint density at radius 3 is 2.35 bits per heavy atom. The molecule has 0 N–H and O–H groups in total. The average molecular weight is 234 g/mol. The highest BCUT2D eigenvalue weighted by Gasteiger charge is 2.13. The molecule has 1 rings (SSSR count). The van der Waals surface area contributed by atoms with Crippen molar-refractivity contribution in [3.63, 3.8) is 0 Å². The van der Waals surface area contributed by atoms with Crippen LogP contribution >= 0.6 is 0 Å². The molecule has 0 radical (unpaired) electrons. The third-order valence-corrected chi connectivity index (χ3v) is 2.84. The van der Waals surface area contributed by atoms with Gasteiger partial charge in [0.1, 0.15) is 5.75 Å². The maximum atomic E-state index is 12.0. The van der Waals surface area contributed by atoms with Crippen LogP contribution in [0.15, 0.2) is 12.1 Å². The molecule has 94 valence electrons. The Balaban J connectivity index is 3.06. The Hall–Kier alpha value is -1.31. The van der Waals surface area contributed by atoms with Crippen LogP contribution in [-0.2, 0) is 0 Å². The van der Waals surface area contributed by atoms with Gasteiger partial charge >= 0.3 is 0 Å². The van der Waals surface area contributed by atoms with Crippen LogP contribution in [0.2, 0.25) is 0 Å². The van der Waals surface area contributed by atoms with Gasteiger partial charge < -0.3 is 4.74 Å². The first-order chi connectivity index (χ1) is 8.10. The highest BCUT2D eigenvalue weighted by atomic mass is 16.5. The van der Waals surface area contributed by atoms with Crippen LogP contribution in [0, 0.1) is 13.8 Å². The minimum atomic E-state index is 0.182. The molecule has 0 unspecified atom stereocenters. The van der Waals surface area contributed by atoms with Crippen molar-refractivity contribution in [2.75, 3.05) is 6.61 Å².